The van der Waals surface area contributed by atoms with Gasteiger partial charge >= 0.3 is 0 Å². The quantitative estimate of drug-likeness (QED) is 0.828. The van der Waals surface area contributed by atoms with Gasteiger partial charge in [-0.05, 0) is 58.3 Å². The highest BCUT2D eigenvalue weighted by Gasteiger charge is 2.11. The summed E-state index contributed by atoms with van der Waals surface area (Å²) < 4.78 is 5.31. The molecule has 0 aliphatic carbocycles. The van der Waals surface area contributed by atoms with Crippen LogP contribution in [0.3, 0.4) is 0 Å². The van der Waals surface area contributed by atoms with Gasteiger partial charge in [-0.2, -0.15) is 0 Å². The third kappa shape index (κ3) is 4.16. The number of carbonyl (C=O) groups is 1. The van der Waals surface area contributed by atoms with Gasteiger partial charge in [0.25, 0.3) is 5.91 Å². The predicted molar refractivity (Wildman–Crippen MR) is 82.2 cm³/mol. The van der Waals surface area contributed by atoms with Crippen molar-refractivity contribution in [2.75, 3.05) is 27.2 Å². The van der Waals surface area contributed by atoms with Gasteiger partial charge in [-0.1, -0.05) is 0 Å². The van der Waals surface area contributed by atoms with Crippen LogP contribution in [-0.2, 0) is 0 Å². The summed E-state index contributed by atoms with van der Waals surface area (Å²) in [6.07, 6.45) is 2.54. The van der Waals surface area contributed by atoms with E-state index in [0.29, 0.717) is 23.6 Å². The van der Waals surface area contributed by atoms with Gasteiger partial charge in [-0.15, -0.1) is 0 Å². The lowest BCUT2D eigenvalue weighted by Gasteiger charge is -2.11. The van der Waals surface area contributed by atoms with Gasteiger partial charge in [-0.3, -0.25) is 4.79 Å². The Labute approximate surface area is 125 Å². The zero-order valence-electron chi connectivity index (χ0n) is 12.7. The molecule has 0 radical (unpaired) electrons. The Balaban J connectivity index is 1.98. The monoisotopic (exact) mass is 287 g/mol. The van der Waals surface area contributed by atoms with Crippen molar-refractivity contribution in [1.82, 2.24) is 15.2 Å². The van der Waals surface area contributed by atoms with E-state index in [1.165, 1.54) is 0 Å². The molecule has 2 aromatic rings. The molecule has 0 atom stereocenters. The Kier molecular flexibility index (Phi) is 5.11. The second-order valence-corrected chi connectivity index (χ2v) is 5.22. The smallest absolute Gasteiger partial charge is 0.253 e. The zero-order valence-corrected chi connectivity index (χ0v) is 12.7. The number of hydrogen-bond donors (Lipinski definition) is 1. The van der Waals surface area contributed by atoms with Gasteiger partial charge < -0.3 is 14.6 Å². The summed E-state index contributed by atoms with van der Waals surface area (Å²) in [5.41, 5.74) is 2.05. The fourth-order valence-corrected chi connectivity index (χ4v) is 2.05. The molecule has 0 saturated carbocycles. The summed E-state index contributed by atoms with van der Waals surface area (Å²) in [6, 6.07) is 7.27. The van der Waals surface area contributed by atoms with Gasteiger partial charge in [0.1, 0.15) is 5.69 Å². The highest BCUT2D eigenvalue weighted by molar-refractivity contribution is 5.95. The minimum Gasteiger partial charge on any atom is -0.463 e. The molecule has 112 valence electrons. The molecule has 0 aromatic carbocycles. The average molecular weight is 287 g/mol. The molecule has 0 fully saturated rings. The summed E-state index contributed by atoms with van der Waals surface area (Å²) in [6.45, 7) is 3.45. The lowest BCUT2D eigenvalue weighted by atomic mass is 10.1. The van der Waals surface area contributed by atoms with E-state index < -0.39 is 0 Å². The van der Waals surface area contributed by atoms with E-state index in [2.05, 4.69) is 15.2 Å². The third-order valence-electron chi connectivity index (χ3n) is 3.17. The Morgan fingerprint density at radius 1 is 1.33 bits per heavy atom. The number of rotatable bonds is 6. The number of furan rings is 1. The largest absolute Gasteiger partial charge is 0.463 e. The summed E-state index contributed by atoms with van der Waals surface area (Å²) in [5, 5.41) is 2.92. The molecule has 0 saturated heterocycles. The van der Waals surface area contributed by atoms with Crippen LogP contribution in [0.4, 0.5) is 0 Å². The van der Waals surface area contributed by atoms with Crippen LogP contribution < -0.4 is 5.32 Å². The maximum absolute atomic E-state index is 12.1. The molecular weight excluding hydrogens is 266 g/mol. The van der Waals surface area contributed by atoms with Crippen molar-refractivity contribution in [3.05, 3.63) is 41.8 Å². The normalized spacial score (nSPS) is 10.9. The number of pyridine rings is 1. The first-order valence-corrected chi connectivity index (χ1v) is 7.02. The molecule has 21 heavy (non-hydrogen) atoms. The number of nitrogens with one attached hydrogen (secondary N) is 1. The van der Waals surface area contributed by atoms with Crippen molar-refractivity contribution in [2.45, 2.75) is 13.3 Å². The number of amides is 1. The molecule has 1 amide bonds. The highest BCUT2D eigenvalue weighted by atomic mass is 16.3. The minimum absolute atomic E-state index is 0.0789. The molecule has 5 heteroatoms. The molecular formula is C16H21N3O2. The molecule has 1 N–H and O–H groups in total. The Bertz CT molecular complexity index is 592. The molecule has 2 heterocycles. The van der Waals surface area contributed by atoms with Gasteiger partial charge in [-0.25, -0.2) is 4.98 Å². The van der Waals surface area contributed by atoms with Crippen LogP contribution in [0.5, 0.6) is 0 Å². The summed E-state index contributed by atoms with van der Waals surface area (Å²) in [5.74, 6) is 0.626. The highest BCUT2D eigenvalue weighted by Crippen LogP contribution is 2.19. The van der Waals surface area contributed by atoms with Crippen LogP contribution in [0, 0.1) is 6.92 Å². The first-order chi connectivity index (χ1) is 10.1. The first-order valence-electron chi connectivity index (χ1n) is 7.02. The Morgan fingerprint density at radius 3 is 2.76 bits per heavy atom. The fraction of sp³-hybridized carbons (Fsp3) is 0.375. The molecule has 5 nitrogen and oxygen atoms in total. The van der Waals surface area contributed by atoms with Crippen LogP contribution in [0.15, 0.2) is 34.9 Å². The summed E-state index contributed by atoms with van der Waals surface area (Å²) in [4.78, 5) is 18.6. The number of aryl methyl sites for hydroxylation is 1. The minimum atomic E-state index is -0.0789. The molecule has 0 aliphatic heterocycles. The van der Waals surface area contributed by atoms with E-state index in [9.17, 15) is 4.79 Å². The molecule has 0 unspecified atom stereocenters. The SMILES string of the molecule is Cc1nc(-c2ccco2)ccc1C(=O)NCCCN(C)C. The maximum Gasteiger partial charge on any atom is 0.253 e. The van der Waals surface area contributed by atoms with Crippen LogP contribution in [-0.4, -0.2) is 43.0 Å². The van der Waals surface area contributed by atoms with E-state index in [-0.39, 0.29) is 5.91 Å². The maximum atomic E-state index is 12.1. The van der Waals surface area contributed by atoms with E-state index in [1.54, 1.807) is 18.4 Å². The van der Waals surface area contributed by atoms with E-state index in [4.69, 9.17) is 4.42 Å². The van der Waals surface area contributed by atoms with E-state index in [0.717, 1.165) is 18.7 Å². The lowest BCUT2D eigenvalue weighted by Crippen LogP contribution is -2.27. The predicted octanol–water partition coefficient (Wildman–Crippen LogP) is 2.33. The molecule has 0 aliphatic rings. The van der Waals surface area contributed by atoms with Crippen molar-refractivity contribution in [3.8, 4) is 11.5 Å². The number of aromatic nitrogens is 1. The van der Waals surface area contributed by atoms with Crippen LogP contribution in [0.2, 0.25) is 0 Å². The fourth-order valence-electron chi connectivity index (χ4n) is 2.05. The Morgan fingerprint density at radius 2 is 2.14 bits per heavy atom. The van der Waals surface area contributed by atoms with Gasteiger partial charge in [0, 0.05) is 6.54 Å². The van der Waals surface area contributed by atoms with Crippen LogP contribution in [0.1, 0.15) is 22.5 Å². The van der Waals surface area contributed by atoms with Crippen molar-refractivity contribution >= 4 is 5.91 Å². The van der Waals surface area contributed by atoms with Crippen molar-refractivity contribution < 1.29 is 9.21 Å². The molecule has 0 bridgehead atoms. The van der Waals surface area contributed by atoms with Gasteiger partial charge in [0.15, 0.2) is 5.76 Å². The first kappa shape index (κ1) is 15.3. The van der Waals surface area contributed by atoms with Crippen molar-refractivity contribution in [3.63, 3.8) is 0 Å². The molecule has 0 spiro atoms. The second kappa shape index (κ2) is 7.04. The molecule has 2 aromatic heterocycles. The topological polar surface area (TPSA) is 58.4 Å². The van der Waals surface area contributed by atoms with E-state index in [1.807, 2.05) is 33.2 Å². The second-order valence-electron chi connectivity index (χ2n) is 5.22. The van der Waals surface area contributed by atoms with Gasteiger partial charge in [0.2, 0.25) is 0 Å². The zero-order chi connectivity index (χ0) is 15.2. The van der Waals surface area contributed by atoms with Crippen molar-refractivity contribution in [2.24, 2.45) is 0 Å². The number of hydrogen-bond acceptors (Lipinski definition) is 4. The van der Waals surface area contributed by atoms with Crippen LogP contribution in [0.25, 0.3) is 11.5 Å². The van der Waals surface area contributed by atoms with Gasteiger partial charge in [0.05, 0.1) is 17.5 Å². The third-order valence-corrected chi connectivity index (χ3v) is 3.17. The number of carbonyl (C=O) groups excluding carboxylic acids is 1. The van der Waals surface area contributed by atoms with Crippen molar-refractivity contribution in [1.29, 1.82) is 0 Å². The van der Waals surface area contributed by atoms with E-state index >= 15 is 0 Å². The Hall–Kier alpha value is -2.14. The standard InChI is InChI=1S/C16H21N3O2/c1-12-13(16(20)17-9-5-10-19(2)3)7-8-14(18-12)15-6-4-11-21-15/h4,6-8,11H,5,9-10H2,1-3H3,(H,17,20). The number of nitrogens with zero attached hydrogens (tertiary/aromatic N) is 2. The average Bonchev–Trinajstić information content (AvgIpc) is 2.97. The molecule has 2 rings (SSSR count). The summed E-state index contributed by atoms with van der Waals surface area (Å²) in [7, 11) is 4.03. The summed E-state index contributed by atoms with van der Waals surface area (Å²) >= 11 is 0. The lowest BCUT2D eigenvalue weighted by molar-refractivity contribution is 0.0951. The van der Waals surface area contributed by atoms with Crippen LogP contribution >= 0.6 is 0 Å².